The third kappa shape index (κ3) is 3.08. The summed E-state index contributed by atoms with van der Waals surface area (Å²) >= 11 is 6.93. The minimum Gasteiger partial charge on any atom is -0.372 e. The van der Waals surface area contributed by atoms with Gasteiger partial charge in [-0.25, -0.2) is 0 Å². The second-order valence-electron chi connectivity index (χ2n) is 1.76. The zero-order valence-electron chi connectivity index (χ0n) is 4.72. The molecule has 1 rings (SSSR count). The van der Waals surface area contributed by atoms with Gasteiger partial charge in [-0.15, -0.1) is 11.4 Å². The molecule has 2 atom stereocenters. The summed E-state index contributed by atoms with van der Waals surface area (Å²) in [7, 11) is 0. The Bertz CT molecular complexity index is 102. The van der Waals surface area contributed by atoms with Crippen molar-refractivity contribution >= 4 is 29.1 Å². The number of rotatable bonds is 3. The Hall–Kier alpha value is 0.960. The topological polar surface area (TPSA) is 12.5 Å². The summed E-state index contributed by atoms with van der Waals surface area (Å²) in [5.74, 6) is 0.663. The molecule has 0 amide bonds. The zero-order chi connectivity index (χ0) is 5.98. The molecular weight excluding hydrogens is 159 g/mol. The first-order valence-corrected chi connectivity index (χ1v) is 7.38. The highest BCUT2D eigenvalue weighted by molar-refractivity contribution is 8.64. The lowest BCUT2D eigenvalue weighted by Crippen LogP contribution is -1.84. The molecule has 8 heavy (non-hydrogen) atoms. The Morgan fingerprint density at radius 2 is 2.62 bits per heavy atom. The highest BCUT2D eigenvalue weighted by Crippen LogP contribution is 2.36. The summed E-state index contributed by atoms with van der Waals surface area (Å²) in [4.78, 5) is 0. The average molecular weight is 168 g/mol. The second-order valence-corrected chi connectivity index (χ2v) is 8.68. The molecule has 1 aliphatic heterocycles. The van der Waals surface area contributed by atoms with E-state index < -0.39 is 5.90 Å². The first-order chi connectivity index (χ1) is 3.79. The fraction of sp³-hybridized carbons (Fsp3) is 1.00. The van der Waals surface area contributed by atoms with Gasteiger partial charge in [0.05, 0.1) is 12.7 Å². The summed E-state index contributed by atoms with van der Waals surface area (Å²) in [6.45, 7) is 3.10. The van der Waals surface area contributed by atoms with E-state index in [1.165, 1.54) is 0 Å². The number of hydrogen-bond donors (Lipinski definition) is 0. The van der Waals surface area contributed by atoms with Gasteiger partial charge in [0.25, 0.3) is 0 Å². The van der Waals surface area contributed by atoms with E-state index in [-0.39, 0.29) is 0 Å². The first-order valence-electron chi connectivity index (χ1n) is 2.54. The lowest BCUT2D eigenvalue weighted by atomic mass is 10.6. The summed E-state index contributed by atoms with van der Waals surface area (Å²) < 4.78 is 5.01. The van der Waals surface area contributed by atoms with Gasteiger partial charge in [0.1, 0.15) is 0 Å². The molecule has 1 nitrogen and oxygen atoms in total. The maximum atomic E-state index is 5.03. The molecule has 0 spiro atoms. The van der Waals surface area contributed by atoms with Crippen LogP contribution in [0.2, 0.25) is 0 Å². The van der Waals surface area contributed by atoms with Crippen molar-refractivity contribution in [1.29, 1.82) is 0 Å². The van der Waals surface area contributed by atoms with Crippen LogP contribution in [-0.2, 0) is 16.5 Å². The summed E-state index contributed by atoms with van der Waals surface area (Å²) in [6.07, 6.45) is 0.558. The Morgan fingerprint density at radius 1 is 2.00 bits per heavy atom. The van der Waals surface area contributed by atoms with Crippen molar-refractivity contribution in [3.63, 3.8) is 0 Å². The third-order valence-corrected chi connectivity index (χ3v) is 4.60. The van der Waals surface area contributed by atoms with Crippen LogP contribution in [0, 0.1) is 0 Å². The van der Waals surface area contributed by atoms with Crippen LogP contribution in [0.3, 0.4) is 0 Å². The van der Waals surface area contributed by atoms with Gasteiger partial charge in [0.15, 0.2) is 0 Å². The monoisotopic (exact) mass is 168 g/mol. The van der Waals surface area contributed by atoms with E-state index in [4.69, 9.17) is 16.5 Å². The molecule has 1 aliphatic rings. The predicted octanol–water partition coefficient (Wildman–Crippen LogP) is 1.34. The Balaban J connectivity index is 1.95. The lowest BCUT2D eigenvalue weighted by molar-refractivity contribution is 0.426. The van der Waals surface area contributed by atoms with E-state index in [0.29, 0.717) is 6.10 Å². The van der Waals surface area contributed by atoms with Crippen molar-refractivity contribution < 1.29 is 4.74 Å². The summed E-state index contributed by atoms with van der Waals surface area (Å²) in [5.41, 5.74) is 0. The van der Waals surface area contributed by atoms with Crippen LogP contribution < -0.4 is 0 Å². The molecule has 4 heteroatoms. The summed E-state index contributed by atoms with van der Waals surface area (Å²) in [5, 5.41) is 0. The first kappa shape index (κ1) is 7.07. The van der Waals surface area contributed by atoms with Crippen molar-refractivity contribution in [3.8, 4) is 0 Å². The van der Waals surface area contributed by atoms with Gasteiger partial charge in [-0.3, -0.25) is 0 Å². The van der Waals surface area contributed by atoms with E-state index in [1.807, 2.05) is 11.4 Å². The molecule has 0 N–H and O–H groups in total. The van der Waals surface area contributed by atoms with Crippen LogP contribution in [0.5, 0.6) is 0 Å². The van der Waals surface area contributed by atoms with Crippen LogP contribution >= 0.6 is 17.3 Å². The second kappa shape index (κ2) is 3.21. The average Bonchev–Trinajstić information content (AvgIpc) is 2.41. The van der Waals surface area contributed by atoms with Crippen LogP contribution in [0.15, 0.2) is 0 Å². The molecule has 2 unspecified atom stereocenters. The Kier molecular flexibility index (Phi) is 2.84. The number of epoxide rings is 1. The van der Waals surface area contributed by atoms with Crippen LogP contribution in [0.1, 0.15) is 0 Å². The smallest absolute Gasteiger partial charge is 0.0903 e. The highest BCUT2D eigenvalue weighted by atomic mass is 32.9. The molecule has 1 saturated heterocycles. The minimum atomic E-state index is -0.470. The van der Waals surface area contributed by atoms with Crippen LogP contribution in [0.25, 0.3) is 0 Å². The van der Waals surface area contributed by atoms with Crippen molar-refractivity contribution in [2.75, 3.05) is 19.0 Å². The zero-order valence-corrected chi connectivity index (χ0v) is 7.35. The van der Waals surface area contributed by atoms with Gasteiger partial charge >= 0.3 is 0 Å². The summed E-state index contributed by atoms with van der Waals surface area (Å²) in [6, 6.07) is 0. The van der Waals surface area contributed by atoms with Crippen LogP contribution in [0.4, 0.5) is 0 Å². The Labute approximate surface area is 59.3 Å². The molecule has 48 valence electrons. The van der Waals surface area contributed by atoms with Gasteiger partial charge in [-0.05, 0) is 12.6 Å². The molecule has 0 aromatic carbocycles. The van der Waals surface area contributed by atoms with Crippen molar-refractivity contribution in [2.24, 2.45) is 0 Å². The van der Waals surface area contributed by atoms with Crippen molar-refractivity contribution in [3.05, 3.63) is 0 Å². The Morgan fingerprint density at radius 3 is 3.00 bits per heavy atom. The largest absolute Gasteiger partial charge is 0.372 e. The molecule has 0 bridgehead atoms. The number of hydrogen-bond acceptors (Lipinski definition) is 3. The standard InChI is InChI=1S/C4H9OPS2/c1-6(7)8-3-4-2-5-4/h4,6H,2-3H2,1H3. The maximum Gasteiger partial charge on any atom is 0.0903 e. The van der Waals surface area contributed by atoms with Crippen molar-refractivity contribution in [2.45, 2.75) is 6.10 Å². The van der Waals surface area contributed by atoms with Gasteiger partial charge < -0.3 is 4.74 Å². The molecule has 0 aromatic heterocycles. The lowest BCUT2D eigenvalue weighted by Gasteiger charge is -1.91. The molecule has 0 aromatic rings. The van der Waals surface area contributed by atoms with Gasteiger partial charge in [-0.1, -0.05) is 11.8 Å². The number of ether oxygens (including phenoxy) is 1. The fourth-order valence-corrected chi connectivity index (χ4v) is 2.86. The maximum absolute atomic E-state index is 5.03. The molecule has 0 saturated carbocycles. The SMILES string of the molecule is C[PH](=S)SCC1CO1. The fourth-order valence-electron chi connectivity index (χ4n) is 0.375. The van der Waals surface area contributed by atoms with E-state index in [0.717, 1.165) is 12.4 Å². The van der Waals surface area contributed by atoms with Gasteiger partial charge in [0.2, 0.25) is 0 Å². The van der Waals surface area contributed by atoms with Crippen LogP contribution in [-0.4, -0.2) is 25.1 Å². The minimum absolute atomic E-state index is 0.470. The van der Waals surface area contributed by atoms with Crippen molar-refractivity contribution in [1.82, 2.24) is 0 Å². The normalized spacial score (nSPS) is 29.9. The molecular formula is C4H9OPS2. The third-order valence-electron chi connectivity index (χ3n) is 0.875. The van der Waals surface area contributed by atoms with E-state index >= 15 is 0 Å². The van der Waals surface area contributed by atoms with Gasteiger partial charge in [0, 0.05) is 5.75 Å². The predicted molar refractivity (Wildman–Crippen MR) is 43.8 cm³/mol. The molecule has 0 radical (unpaired) electrons. The van der Waals surface area contributed by atoms with E-state index in [2.05, 4.69) is 6.66 Å². The highest BCUT2D eigenvalue weighted by Gasteiger charge is 2.21. The van der Waals surface area contributed by atoms with E-state index in [1.54, 1.807) is 0 Å². The quantitative estimate of drug-likeness (QED) is 0.466. The van der Waals surface area contributed by atoms with Gasteiger partial charge in [-0.2, -0.15) is 0 Å². The molecule has 1 fully saturated rings. The molecule has 1 heterocycles. The molecule has 0 aliphatic carbocycles. The van der Waals surface area contributed by atoms with E-state index in [9.17, 15) is 0 Å².